The first kappa shape index (κ1) is 15.8. The van der Waals surface area contributed by atoms with Gasteiger partial charge in [0.1, 0.15) is 17.3 Å². The summed E-state index contributed by atoms with van der Waals surface area (Å²) in [5.74, 6) is -2.46. The fourth-order valence-electron chi connectivity index (χ4n) is 4.48. The lowest BCUT2D eigenvalue weighted by Gasteiger charge is -2.51. The molecule has 5 rings (SSSR count). The van der Waals surface area contributed by atoms with Crippen LogP contribution in [0.1, 0.15) is 6.42 Å². The number of hydrogen-bond donors (Lipinski definition) is 3. The third kappa shape index (κ3) is 2.00. The topological polar surface area (TPSA) is 96.2 Å². The van der Waals surface area contributed by atoms with Gasteiger partial charge in [0.25, 0.3) is 5.79 Å². The number of carbonyl (C=O) groups is 1. The molecule has 1 heterocycles. The first-order valence-corrected chi connectivity index (χ1v) is 8.66. The lowest BCUT2D eigenvalue weighted by atomic mass is 9.65. The van der Waals surface area contributed by atoms with Gasteiger partial charge in [-0.2, -0.15) is 0 Å². The quantitative estimate of drug-likeness (QED) is 0.615. The van der Waals surface area contributed by atoms with Crippen molar-refractivity contribution in [1.29, 1.82) is 0 Å². The fraction of sp³-hybridized carbons (Fsp3) is 0.350. The Bertz CT molecular complexity index is 894. The fourth-order valence-corrected chi connectivity index (χ4v) is 4.48. The largest absolute Gasteiger partial charge is 0.448 e. The summed E-state index contributed by atoms with van der Waals surface area (Å²) in [6.45, 7) is 0. The van der Waals surface area contributed by atoms with Crippen LogP contribution in [0.3, 0.4) is 0 Å². The molecule has 3 N–H and O–H groups in total. The van der Waals surface area contributed by atoms with Crippen molar-refractivity contribution in [1.82, 2.24) is 0 Å². The molecule has 0 saturated heterocycles. The van der Waals surface area contributed by atoms with Crippen molar-refractivity contribution in [3.63, 3.8) is 0 Å². The van der Waals surface area contributed by atoms with Crippen molar-refractivity contribution in [2.24, 2.45) is 11.8 Å². The standard InChI is InChI=1S/C20H18O6/c21-11-7-8-20(18-17(11)12(22)9-13(23)19(18)24)25-14-5-1-3-10-4-2-6-15(26-20)16(10)14/h1-8,11,13,17-19,21,23-24H,9H2/t11-,13-,17+,18-,19+/m0/s1. The van der Waals surface area contributed by atoms with Crippen LogP contribution in [-0.2, 0) is 4.79 Å². The van der Waals surface area contributed by atoms with Gasteiger partial charge in [0.05, 0.1) is 35.5 Å². The second-order valence-corrected chi connectivity index (χ2v) is 7.17. The Hall–Kier alpha value is -2.41. The molecule has 6 nitrogen and oxygen atoms in total. The van der Waals surface area contributed by atoms with Crippen molar-refractivity contribution in [2.75, 3.05) is 0 Å². The van der Waals surface area contributed by atoms with Crippen molar-refractivity contribution < 1.29 is 29.6 Å². The molecule has 0 bridgehead atoms. The number of ketones is 1. The monoisotopic (exact) mass is 354 g/mol. The molecule has 6 heteroatoms. The normalized spacial score (nSPS) is 34.3. The minimum absolute atomic E-state index is 0.199. The zero-order valence-electron chi connectivity index (χ0n) is 13.8. The Labute approximate surface area is 149 Å². The van der Waals surface area contributed by atoms with Crippen LogP contribution < -0.4 is 9.47 Å². The Morgan fingerprint density at radius 1 is 1.00 bits per heavy atom. The second-order valence-electron chi connectivity index (χ2n) is 7.17. The van der Waals surface area contributed by atoms with E-state index in [1.165, 1.54) is 6.08 Å². The summed E-state index contributed by atoms with van der Waals surface area (Å²) in [7, 11) is 0. The predicted molar refractivity (Wildman–Crippen MR) is 91.7 cm³/mol. The van der Waals surface area contributed by atoms with Gasteiger partial charge in [-0.05, 0) is 23.6 Å². The number of hydrogen-bond acceptors (Lipinski definition) is 6. The molecule has 0 amide bonds. The Balaban J connectivity index is 1.69. The highest BCUT2D eigenvalue weighted by Gasteiger charge is 2.60. The van der Waals surface area contributed by atoms with E-state index < -0.39 is 35.9 Å². The highest BCUT2D eigenvalue weighted by Crippen LogP contribution is 2.50. The third-order valence-corrected chi connectivity index (χ3v) is 5.66. The maximum atomic E-state index is 12.5. The lowest BCUT2D eigenvalue weighted by Crippen LogP contribution is -2.65. The number of fused-ring (bicyclic) bond motifs is 2. The smallest absolute Gasteiger partial charge is 0.277 e. The van der Waals surface area contributed by atoms with Crippen LogP contribution in [0.25, 0.3) is 10.8 Å². The number of carbonyl (C=O) groups excluding carboxylic acids is 1. The van der Waals surface area contributed by atoms with E-state index >= 15 is 0 Å². The Morgan fingerprint density at radius 2 is 1.65 bits per heavy atom. The number of Topliss-reactive ketones (excluding diaryl/α,β-unsaturated/α-hetero) is 1. The Morgan fingerprint density at radius 3 is 2.31 bits per heavy atom. The molecule has 5 atom stereocenters. The average Bonchev–Trinajstić information content (AvgIpc) is 2.62. The summed E-state index contributed by atoms with van der Waals surface area (Å²) < 4.78 is 12.3. The summed E-state index contributed by atoms with van der Waals surface area (Å²) in [5.41, 5.74) is 0. The van der Waals surface area contributed by atoms with Gasteiger partial charge in [0.15, 0.2) is 0 Å². The molecule has 1 saturated carbocycles. The van der Waals surface area contributed by atoms with E-state index in [-0.39, 0.29) is 12.2 Å². The average molecular weight is 354 g/mol. The first-order chi connectivity index (χ1) is 12.5. The van der Waals surface area contributed by atoms with E-state index in [0.717, 1.165) is 10.8 Å². The number of aliphatic hydroxyl groups excluding tert-OH is 3. The van der Waals surface area contributed by atoms with Gasteiger partial charge in [0, 0.05) is 6.42 Å². The second kappa shape index (κ2) is 5.30. The molecule has 2 aromatic rings. The van der Waals surface area contributed by atoms with Gasteiger partial charge in [-0.1, -0.05) is 30.3 Å². The molecule has 0 radical (unpaired) electrons. The molecule has 0 aromatic heterocycles. The van der Waals surface area contributed by atoms with Crippen LogP contribution in [-0.4, -0.2) is 45.2 Å². The molecule has 2 aromatic carbocycles. The molecule has 1 aliphatic heterocycles. The van der Waals surface area contributed by atoms with Crippen molar-refractivity contribution in [2.45, 2.75) is 30.5 Å². The van der Waals surface area contributed by atoms with Crippen molar-refractivity contribution in [3.05, 3.63) is 48.6 Å². The maximum Gasteiger partial charge on any atom is 0.277 e. The molecule has 3 aliphatic rings. The lowest BCUT2D eigenvalue weighted by molar-refractivity contribution is -0.212. The molecule has 26 heavy (non-hydrogen) atoms. The van der Waals surface area contributed by atoms with E-state index in [1.807, 2.05) is 24.3 Å². The highest BCUT2D eigenvalue weighted by atomic mass is 16.7. The summed E-state index contributed by atoms with van der Waals surface area (Å²) in [5, 5.41) is 32.9. The summed E-state index contributed by atoms with van der Waals surface area (Å²) in [6, 6.07) is 11.2. The van der Waals surface area contributed by atoms with Gasteiger partial charge < -0.3 is 24.8 Å². The van der Waals surface area contributed by atoms with Crippen molar-refractivity contribution in [3.8, 4) is 11.5 Å². The van der Waals surface area contributed by atoms with Gasteiger partial charge in [-0.15, -0.1) is 0 Å². The number of ether oxygens (including phenoxy) is 2. The summed E-state index contributed by atoms with van der Waals surface area (Å²) in [4.78, 5) is 12.5. The molecular weight excluding hydrogens is 336 g/mol. The van der Waals surface area contributed by atoms with Crippen LogP contribution in [0.4, 0.5) is 0 Å². The Kier molecular flexibility index (Phi) is 3.22. The van der Waals surface area contributed by atoms with Crippen LogP contribution in [0.15, 0.2) is 48.6 Å². The van der Waals surface area contributed by atoms with Crippen LogP contribution >= 0.6 is 0 Å². The van der Waals surface area contributed by atoms with Gasteiger partial charge in [-0.3, -0.25) is 4.79 Å². The van der Waals surface area contributed by atoms with Gasteiger partial charge >= 0.3 is 0 Å². The van der Waals surface area contributed by atoms with Crippen LogP contribution in [0, 0.1) is 11.8 Å². The SMILES string of the molecule is O=C1C[C@H](O)[C@@H](O)[C@@H]2[C@@H]1[C@@H](O)C=CC21Oc2cccc3cccc(c23)O1. The molecule has 134 valence electrons. The van der Waals surface area contributed by atoms with Gasteiger partial charge in [-0.25, -0.2) is 0 Å². The van der Waals surface area contributed by atoms with Crippen LogP contribution in [0.5, 0.6) is 11.5 Å². The minimum Gasteiger partial charge on any atom is -0.448 e. The third-order valence-electron chi connectivity index (χ3n) is 5.66. The summed E-state index contributed by atoms with van der Waals surface area (Å²) in [6.07, 6.45) is -0.725. The first-order valence-electron chi connectivity index (χ1n) is 8.66. The minimum atomic E-state index is -1.47. The molecule has 0 unspecified atom stereocenters. The zero-order chi connectivity index (χ0) is 18.1. The van der Waals surface area contributed by atoms with Gasteiger partial charge in [0.2, 0.25) is 0 Å². The van der Waals surface area contributed by atoms with Crippen LogP contribution in [0.2, 0.25) is 0 Å². The molecule has 1 spiro atoms. The molecule has 2 aliphatic carbocycles. The molecule has 1 fully saturated rings. The molecular formula is C20H18O6. The number of rotatable bonds is 0. The predicted octanol–water partition coefficient (Wildman–Crippen LogP) is 1.16. The number of aliphatic hydroxyl groups is 3. The van der Waals surface area contributed by atoms with E-state index in [9.17, 15) is 20.1 Å². The van der Waals surface area contributed by atoms with E-state index in [0.29, 0.717) is 11.5 Å². The highest BCUT2D eigenvalue weighted by molar-refractivity contribution is 5.94. The number of benzene rings is 2. The summed E-state index contributed by atoms with van der Waals surface area (Å²) >= 11 is 0. The van der Waals surface area contributed by atoms with E-state index in [4.69, 9.17) is 9.47 Å². The van der Waals surface area contributed by atoms with Crippen molar-refractivity contribution >= 4 is 16.6 Å². The zero-order valence-corrected chi connectivity index (χ0v) is 13.8. The maximum absolute atomic E-state index is 12.5. The van der Waals surface area contributed by atoms with E-state index in [1.54, 1.807) is 18.2 Å². The van der Waals surface area contributed by atoms with E-state index in [2.05, 4.69) is 0 Å².